The van der Waals surface area contributed by atoms with Crippen molar-refractivity contribution >= 4 is 29.8 Å². The molecule has 0 spiro atoms. The zero-order chi connectivity index (χ0) is 28.2. The van der Waals surface area contributed by atoms with Gasteiger partial charge in [-0.25, -0.2) is 9.59 Å². The van der Waals surface area contributed by atoms with Crippen LogP contribution in [0.2, 0.25) is 0 Å². The van der Waals surface area contributed by atoms with E-state index in [1.54, 1.807) is 13.8 Å². The standard InChI is InChI=1S/C29H46N4O6/c1-4-5-6-7-8-9-10-11-12-13-14-15-16-17-39-23(34)20-18-32-21-22-29(3,25(36)31-27(38)33(22)19-20)28(21,2)24(35)30-26(32)37/h20-22H,4-19H2,1-3H3,(H,30,35,37)(H,31,36,38). The number of fused-ring (bicyclic) bond motifs is 1. The maximum absolute atomic E-state index is 13.1. The van der Waals surface area contributed by atoms with Crippen molar-refractivity contribution in [1.29, 1.82) is 0 Å². The number of carbonyl (C=O) groups is 5. The molecule has 3 saturated heterocycles. The lowest BCUT2D eigenvalue weighted by Gasteiger charge is -2.70. The van der Waals surface area contributed by atoms with E-state index in [1.165, 1.54) is 74.0 Å². The Morgan fingerprint density at radius 2 is 1.10 bits per heavy atom. The quantitative estimate of drug-likeness (QED) is 0.235. The lowest BCUT2D eigenvalue weighted by molar-refractivity contribution is -0.209. The summed E-state index contributed by atoms with van der Waals surface area (Å²) in [6.45, 7) is 5.91. The summed E-state index contributed by atoms with van der Waals surface area (Å²) in [5.74, 6) is -2.28. The van der Waals surface area contributed by atoms with Crippen molar-refractivity contribution in [2.45, 2.75) is 116 Å². The van der Waals surface area contributed by atoms with Gasteiger partial charge in [0.1, 0.15) is 0 Å². The van der Waals surface area contributed by atoms with Crippen LogP contribution < -0.4 is 10.6 Å². The van der Waals surface area contributed by atoms with Gasteiger partial charge in [-0.1, -0.05) is 84.0 Å². The summed E-state index contributed by atoms with van der Waals surface area (Å²) >= 11 is 0. The molecule has 4 rings (SSSR count). The van der Waals surface area contributed by atoms with E-state index in [-0.39, 0.29) is 13.1 Å². The molecule has 0 radical (unpaired) electrons. The zero-order valence-corrected chi connectivity index (χ0v) is 23.9. The van der Waals surface area contributed by atoms with Crippen LogP contribution in [0.4, 0.5) is 9.59 Å². The fourth-order valence-electron chi connectivity index (χ4n) is 7.19. The molecule has 218 valence electrons. The summed E-state index contributed by atoms with van der Waals surface area (Å²) < 4.78 is 5.58. The highest BCUT2D eigenvalue weighted by Crippen LogP contribution is 2.63. The fourth-order valence-corrected chi connectivity index (χ4v) is 7.19. The SMILES string of the molecule is CCCCCCCCCCCCCCCOC(=O)C1CN2C(=O)NC(=O)C3(C)C2C2N(C1)C(=O)NC(=O)C23C. The van der Waals surface area contributed by atoms with E-state index in [9.17, 15) is 24.0 Å². The molecule has 4 unspecified atom stereocenters. The number of hydrogen-bond donors (Lipinski definition) is 2. The van der Waals surface area contributed by atoms with Crippen LogP contribution in [0.5, 0.6) is 0 Å². The second-order valence-corrected chi connectivity index (χ2v) is 12.2. The Labute approximate surface area is 231 Å². The number of nitrogens with one attached hydrogen (secondary N) is 2. The minimum atomic E-state index is -1.21. The van der Waals surface area contributed by atoms with Crippen molar-refractivity contribution < 1.29 is 28.7 Å². The molecule has 4 aliphatic rings. The van der Waals surface area contributed by atoms with Gasteiger partial charge in [-0.05, 0) is 20.3 Å². The fraction of sp³-hybridized carbons (Fsp3) is 0.828. The van der Waals surface area contributed by atoms with Gasteiger partial charge in [0.05, 0.1) is 35.4 Å². The lowest BCUT2D eigenvalue weighted by Crippen LogP contribution is -2.90. The average Bonchev–Trinajstić information content (AvgIpc) is 3.09. The van der Waals surface area contributed by atoms with E-state index in [0.717, 1.165) is 19.3 Å². The van der Waals surface area contributed by atoms with E-state index in [4.69, 9.17) is 4.74 Å². The van der Waals surface area contributed by atoms with Crippen molar-refractivity contribution in [2.24, 2.45) is 16.7 Å². The number of esters is 1. The van der Waals surface area contributed by atoms with Gasteiger partial charge in [0.25, 0.3) is 0 Å². The molecule has 39 heavy (non-hydrogen) atoms. The first-order valence-electron chi connectivity index (χ1n) is 15.1. The molecule has 3 heterocycles. The number of urea groups is 2. The molecule has 10 nitrogen and oxygen atoms in total. The van der Waals surface area contributed by atoms with Gasteiger partial charge in [0, 0.05) is 13.1 Å². The highest BCUT2D eigenvalue weighted by atomic mass is 16.5. The number of ether oxygens (including phenoxy) is 1. The molecular weight excluding hydrogens is 500 g/mol. The van der Waals surface area contributed by atoms with Gasteiger partial charge in [0.2, 0.25) is 11.8 Å². The van der Waals surface area contributed by atoms with Crippen molar-refractivity contribution in [3.8, 4) is 0 Å². The van der Waals surface area contributed by atoms with Crippen LogP contribution in [0.25, 0.3) is 0 Å². The van der Waals surface area contributed by atoms with Crippen LogP contribution in [0.15, 0.2) is 0 Å². The number of imide groups is 2. The third-order valence-corrected chi connectivity index (χ3v) is 9.80. The van der Waals surface area contributed by atoms with Crippen molar-refractivity contribution in [3.63, 3.8) is 0 Å². The van der Waals surface area contributed by atoms with E-state index in [0.29, 0.717) is 6.61 Å². The highest BCUT2D eigenvalue weighted by Gasteiger charge is 2.81. The molecule has 4 atom stereocenters. The first-order valence-corrected chi connectivity index (χ1v) is 15.1. The number of unbranched alkanes of at least 4 members (excludes halogenated alkanes) is 12. The van der Waals surface area contributed by atoms with Gasteiger partial charge in [-0.15, -0.1) is 0 Å². The second kappa shape index (κ2) is 12.3. The summed E-state index contributed by atoms with van der Waals surface area (Å²) in [6, 6.07) is -2.53. The molecule has 0 bridgehead atoms. The third kappa shape index (κ3) is 5.27. The number of rotatable bonds is 15. The average molecular weight is 547 g/mol. The van der Waals surface area contributed by atoms with Gasteiger partial charge in [0.15, 0.2) is 0 Å². The predicted molar refractivity (Wildman–Crippen MR) is 144 cm³/mol. The van der Waals surface area contributed by atoms with Crippen molar-refractivity contribution in [3.05, 3.63) is 0 Å². The molecule has 1 aliphatic carbocycles. The minimum Gasteiger partial charge on any atom is -0.465 e. The van der Waals surface area contributed by atoms with Crippen LogP contribution >= 0.6 is 0 Å². The Bertz CT molecular complexity index is 917. The Kier molecular flexibility index (Phi) is 9.21. The number of carbonyl (C=O) groups excluding carboxylic acids is 5. The maximum Gasteiger partial charge on any atom is 0.324 e. The van der Waals surface area contributed by atoms with E-state index in [2.05, 4.69) is 17.6 Å². The molecule has 10 heteroatoms. The van der Waals surface area contributed by atoms with Gasteiger partial charge in [-0.3, -0.25) is 25.0 Å². The molecule has 4 fully saturated rings. The van der Waals surface area contributed by atoms with Crippen LogP contribution in [0.3, 0.4) is 0 Å². The first kappa shape index (κ1) is 29.3. The maximum atomic E-state index is 13.1. The topological polar surface area (TPSA) is 125 Å². The molecule has 1 saturated carbocycles. The number of amides is 6. The number of hydrogen-bond acceptors (Lipinski definition) is 6. The van der Waals surface area contributed by atoms with Crippen LogP contribution in [0.1, 0.15) is 104 Å². The Morgan fingerprint density at radius 1 is 0.718 bits per heavy atom. The molecule has 2 N–H and O–H groups in total. The summed E-state index contributed by atoms with van der Waals surface area (Å²) in [7, 11) is 0. The van der Waals surface area contributed by atoms with E-state index < -0.39 is 58.7 Å². The summed E-state index contributed by atoms with van der Waals surface area (Å²) in [5, 5.41) is 4.73. The van der Waals surface area contributed by atoms with Gasteiger partial charge < -0.3 is 14.5 Å². The van der Waals surface area contributed by atoms with Gasteiger partial charge >= 0.3 is 18.0 Å². The summed E-state index contributed by atoms with van der Waals surface area (Å²) in [5.41, 5.74) is -2.41. The molecule has 6 amide bonds. The second-order valence-electron chi connectivity index (χ2n) is 12.2. The molecule has 0 aromatic rings. The first-order chi connectivity index (χ1) is 18.7. The van der Waals surface area contributed by atoms with E-state index >= 15 is 0 Å². The molecule has 0 aromatic heterocycles. The minimum absolute atomic E-state index is 0.0291. The molecular formula is C29H46N4O6. The Balaban J connectivity index is 1.21. The third-order valence-electron chi connectivity index (χ3n) is 9.80. The number of nitrogens with zero attached hydrogens (tertiary/aromatic N) is 2. The van der Waals surface area contributed by atoms with Crippen LogP contribution in [-0.4, -0.2) is 71.4 Å². The highest BCUT2D eigenvalue weighted by molar-refractivity contribution is 6.11. The Morgan fingerprint density at radius 3 is 1.51 bits per heavy atom. The summed E-state index contributed by atoms with van der Waals surface area (Å²) in [6.07, 6.45) is 16.0. The monoisotopic (exact) mass is 546 g/mol. The normalized spacial score (nSPS) is 31.2. The Hall–Kier alpha value is -2.65. The summed E-state index contributed by atoms with van der Waals surface area (Å²) in [4.78, 5) is 67.4. The van der Waals surface area contributed by atoms with Crippen LogP contribution in [0, 0.1) is 16.7 Å². The van der Waals surface area contributed by atoms with Crippen molar-refractivity contribution in [2.75, 3.05) is 19.7 Å². The van der Waals surface area contributed by atoms with Gasteiger partial charge in [-0.2, -0.15) is 0 Å². The smallest absolute Gasteiger partial charge is 0.324 e. The lowest BCUT2D eigenvalue weighted by atomic mass is 9.42. The van der Waals surface area contributed by atoms with Crippen molar-refractivity contribution in [1.82, 2.24) is 20.4 Å². The molecule has 0 aromatic carbocycles. The van der Waals surface area contributed by atoms with E-state index in [1.807, 2.05) is 0 Å². The predicted octanol–water partition coefficient (Wildman–Crippen LogP) is 4.12. The largest absolute Gasteiger partial charge is 0.465 e. The van der Waals surface area contributed by atoms with Crippen LogP contribution in [-0.2, 0) is 19.1 Å². The molecule has 3 aliphatic heterocycles. The zero-order valence-electron chi connectivity index (χ0n) is 23.9.